The molecule has 4 heteroatoms. The van der Waals surface area contributed by atoms with Gasteiger partial charge in [-0.25, -0.2) is 4.79 Å². The molecule has 0 spiro atoms. The highest BCUT2D eigenvalue weighted by atomic mass is 16.6. The third kappa shape index (κ3) is 4.55. The number of ether oxygens (including phenoxy) is 1. The lowest BCUT2D eigenvalue weighted by Gasteiger charge is -2.41. The SMILES string of the molecule is Cc1cc(C)c(NC(=O)OC2CCCCC2N2CCCCC2)c(C)c1. The minimum absolute atomic E-state index is 0.0258. The maximum Gasteiger partial charge on any atom is 0.411 e. The van der Waals surface area contributed by atoms with Gasteiger partial charge in [-0.2, -0.15) is 0 Å². The Kier molecular flexibility index (Phi) is 6.00. The van der Waals surface area contributed by atoms with Gasteiger partial charge in [0.05, 0.1) is 0 Å². The zero-order chi connectivity index (χ0) is 17.8. The number of amides is 1. The van der Waals surface area contributed by atoms with E-state index in [1.807, 2.05) is 13.8 Å². The molecule has 2 aliphatic rings. The number of benzene rings is 1. The zero-order valence-corrected chi connectivity index (χ0v) is 15.9. The molecule has 1 saturated carbocycles. The predicted molar refractivity (Wildman–Crippen MR) is 102 cm³/mol. The number of hydrogen-bond acceptors (Lipinski definition) is 3. The highest BCUT2D eigenvalue weighted by Gasteiger charge is 2.33. The first-order valence-corrected chi connectivity index (χ1v) is 9.84. The van der Waals surface area contributed by atoms with Crippen molar-refractivity contribution in [3.63, 3.8) is 0 Å². The van der Waals surface area contributed by atoms with Crippen LogP contribution in [0.4, 0.5) is 10.5 Å². The van der Waals surface area contributed by atoms with E-state index >= 15 is 0 Å². The maximum absolute atomic E-state index is 12.5. The Bertz CT molecular complexity index is 585. The van der Waals surface area contributed by atoms with E-state index in [0.29, 0.717) is 6.04 Å². The molecular formula is C21H32N2O2. The second-order valence-corrected chi connectivity index (χ2v) is 7.79. The van der Waals surface area contributed by atoms with Crippen LogP contribution < -0.4 is 5.32 Å². The number of anilines is 1. The van der Waals surface area contributed by atoms with Crippen LogP contribution in [0.5, 0.6) is 0 Å². The first kappa shape index (κ1) is 18.2. The second kappa shape index (κ2) is 8.22. The number of piperidine rings is 1. The van der Waals surface area contributed by atoms with Crippen LogP contribution in [0, 0.1) is 20.8 Å². The molecule has 3 rings (SSSR count). The van der Waals surface area contributed by atoms with Gasteiger partial charge >= 0.3 is 6.09 Å². The molecule has 1 saturated heterocycles. The first-order valence-electron chi connectivity index (χ1n) is 9.84. The van der Waals surface area contributed by atoms with Gasteiger partial charge in [-0.3, -0.25) is 10.2 Å². The smallest absolute Gasteiger partial charge is 0.411 e. The van der Waals surface area contributed by atoms with Gasteiger partial charge in [0, 0.05) is 11.7 Å². The molecule has 1 N–H and O–H groups in total. The number of hydrogen-bond donors (Lipinski definition) is 1. The number of carbonyl (C=O) groups excluding carboxylic acids is 1. The highest BCUT2D eigenvalue weighted by molar-refractivity contribution is 5.87. The minimum Gasteiger partial charge on any atom is -0.444 e. The molecule has 1 amide bonds. The predicted octanol–water partition coefficient (Wildman–Crippen LogP) is 4.96. The fourth-order valence-corrected chi connectivity index (χ4v) is 4.53. The summed E-state index contributed by atoms with van der Waals surface area (Å²) in [5.74, 6) is 0. The topological polar surface area (TPSA) is 41.6 Å². The van der Waals surface area contributed by atoms with Crippen molar-refractivity contribution >= 4 is 11.8 Å². The third-order valence-electron chi connectivity index (χ3n) is 5.69. The van der Waals surface area contributed by atoms with Gasteiger partial charge in [0.25, 0.3) is 0 Å². The molecule has 2 atom stereocenters. The Morgan fingerprint density at radius 2 is 1.64 bits per heavy atom. The van der Waals surface area contributed by atoms with Crippen molar-refractivity contribution in [1.82, 2.24) is 4.90 Å². The van der Waals surface area contributed by atoms with Crippen LogP contribution >= 0.6 is 0 Å². The van der Waals surface area contributed by atoms with Crippen molar-refractivity contribution < 1.29 is 9.53 Å². The maximum atomic E-state index is 12.5. The minimum atomic E-state index is -0.302. The first-order chi connectivity index (χ1) is 12.0. The lowest BCUT2D eigenvalue weighted by molar-refractivity contribution is 0.00173. The van der Waals surface area contributed by atoms with Gasteiger partial charge in [-0.05, 0) is 77.1 Å². The van der Waals surface area contributed by atoms with Crippen LogP contribution in [-0.4, -0.2) is 36.2 Å². The Morgan fingerprint density at radius 1 is 1.00 bits per heavy atom. The summed E-state index contributed by atoms with van der Waals surface area (Å²) in [5, 5.41) is 3.00. The summed E-state index contributed by atoms with van der Waals surface area (Å²) in [4.78, 5) is 15.1. The average Bonchev–Trinajstić information content (AvgIpc) is 2.59. The van der Waals surface area contributed by atoms with Crippen LogP contribution in [0.25, 0.3) is 0 Å². The van der Waals surface area contributed by atoms with Crippen molar-refractivity contribution in [3.8, 4) is 0 Å². The average molecular weight is 344 g/mol. The molecule has 0 aromatic heterocycles. The molecule has 1 aromatic carbocycles. The van der Waals surface area contributed by atoms with E-state index in [4.69, 9.17) is 4.74 Å². The van der Waals surface area contributed by atoms with Gasteiger partial charge in [0.15, 0.2) is 0 Å². The van der Waals surface area contributed by atoms with E-state index in [1.54, 1.807) is 0 Å². The van der Waals surface area contributed by atoms with Crippen LogP contribution in [0.15, 0.2) is 12.1 Å². The van der Waals surface area contributed by atoms with Crippen LogP contribution in [0.3, 0.4) is 0 Å². The normalized spacial score (nSPS) is 24.8. The van der Waals surface area contributed by atoms with Crippen molar-refractivity contribution in [2.24, 2.45) is 0 Å². The summed E-state index contributed by atoms with van der Waals surface area (Å²) in [6, 6.07) is 4.60. The quantitative estimate of drug-likeness (QED) is 0.843. The van der Waals surface area contributed by atoms with Crippen LogP contribution in [-0.2, 0) is 4.74 Å². The molecule has 138 valence electrons. The lowest BCUT2D eigenvalue weighted by atomic mass is 9.90. The van der Waals surface area contributed by atoms with Gasteiger partial charge < -0.3 is 4.74 Å². The fourth-order valence-electron chi connectivity index (χ4n) is 4.53. The number of rotatable bonds is 3. The zero-order valence-electron chi connectivity index (χ0n) is 15.9. The summed E-state index contributed by atoms with van der Waals surface area (Å²) in [6.07, 6.45) is 8.15. The summed E-state index contributed by atoms with van der Waals surface area (Å²) in [5.41, 5.74) is 4.28. The molecule has 25 heavy (non-hydrogen) atoms. The van der Waals surface area contributed by atoms with E-state index in [9.17, 15) is 4.79 Å². The number of carbonyl (C=O) groups is 1. The van der Waals surface area contributed by atoms with E-state index in [2.05, 4.69) is 29.3 Å². The lowest BCUT2D eigenvalue weighted by Crippen LogP contribution is -2.49. The Labute approximate surface area is 151 Å². The Morgan fingerprint density at radius 3 is 2.32 bits per heavy atom. The van der Waals surface area contributed by atoms with Crippen molar-refractivity contribution in [2.45, 2.75) is 77.9 Å². The third-order valence-corrected chi connectivity index (χ3v) is 5.69. The largest absolute Gasteiger partial charge is 0.444 e. The van der Waals surface area contributed by atoms with E-state index < -0.39 is 0 Å². The number of likely N-dealkylation sites (tertiary alicyclic amines) is 1. The molecule has 1 aromatic rings. The summed E-state index contributed by atoms with van der Waals surface area (Å²) in [6.45, 7) is 8.46. The number of nitrogens with zero attached hydrogens (tertiary/aromatic N) is 1. The number of aryl methyl sites for hydroxylation is 3. The molecule has 1 aliphatic heterocycles. The Balaban J connectivity index is 1.64. The summed E-state index contributed by atoms with van der Waals surface area (Å²) < 4.78 is 5.91. The second-order valence-electron chi connectivity index (χ2n) is 7.79. The molecule has 2 fully saturated rings. The fraction of sp³-hybridized carbons (Fsp3) is 0.667. The molecular weight excluding hydrogens is 312 g/mol. The van der Waals surface area contributed by atoms with Crippen molar-refractivity contribution in [2.75, 3.05) is 18.4 Å². The molecule has 0 bridgehead atoms. The highest BCUT2D eigenvalue weighted by Crippen LogP contribution is 2.29. The van der Waals surface area contributed by atoms with E-state index in [1.165, 1.54) is 31.2 Å². The van der Waals surface area contributed by atoms with Crippen LogP contribution in [0.1, 0.15) is 61.6 Å². The molecule has 0 radical (unpaired) electrons. The Hall–Kier alpha value is -1.55. The van der Waals surface area contributed by atoms with Crippen LogP contribution in [0.2, 0.25) is 0 Å². The van der Waals surface area contributed by atoms with Crippen molar-refractivity contribution in [1.29, 1.82) is 0 Å². The number of nitrogens with one attached hydrogen (secondary N) is 1. The van der Waals surface area contributed by atoms with E-state index in [-0.39, 0.29) is 12.2 Å². The standard InChI is InChI=1S/C21H32N2O2/c1-15-13-16(2)20(17(3)14-15)22-21(24)25-19-10-6-5-9-18(19)23-11-7-4-8-12-23/h13-14,18-19H,4-12H2,1-3H3,(H,22,24). The molecule has 2 unspecified atom stereocenters. The molecule has 1 aliphatic carbocycles. The van der Waals surface area contributed by atoms with Gasteiger partial charge in [-0.1, -0.05) is 30.5 Å². The van der Waals surface area contributed by atoms with Crippen molar-refractivity contribution in [3.05, 3.63) is 28.8 Å². The monoisotopic (exact) mass is 344 g/mol. The van der Waals surface area contributed by atoms with E-state index in [0.717, 1.165) is 49.2 Å². The van der Waals surface area contributed by atoms with Gasteiger partial charge in [0.2, 0.25) is 0 Å². The van der Waals surface area contributed by atoms with Gasteiger partial charge in [0.1, 0.15) is 6.10 Å². The molecule has 4 nitrogen and oxygen atoms in total. The molecule has 1 heterocycles. The summed E-state index contributed by atoms with van der Waals surface area (Å²) in [7, 11) is 0. The van der Waals surface area contributed by atoms with Gasteiger partial charge in [-0.15, -0.1) is 0 Å². The summed E-state index contributed by atoms with van der Waals surface area (Å²) >= 11 is 0.